The monoisotopic (exact) mass is 413 g/mol. The Hall–Kier alpha value is -2.84. The molecule has 160 valence electrons. The van der Waals surface area contributed by atoms with Gasteiger partial charge in [0.15, 0.2) is 11.9 Å². The van der Waals surface area contributed by atoms with E-state index in [1.165, 1.54) is 5.56 Å². The molecule has 0 saturated heterocycles. The van der Waals surface area contributed by atoms with E-state index in [0.29, 0.717) is 44.8 Å². The van der Waals surface area contributed by atoms with Crippen LogP contribution in [-0.2, 0) is 30.3 Å². The molecule has 1 heterocycles. The van der Waals surface area contributed by atoms with Gasteiger partial charge in [-0.3, -0.25) is 9.59 Å². The summed E-state index contributed by atoms with van der Waals surface area (Å²) in [6.07, 6.45) is 2.19. The molecule has 8 nitrogen and oxygen atoms in total. The number of Topliss-reactive ketones (excluding diaryl/α,β-unsaturated/α-hetero) is 1. The van der Waals surface area contributed by atoms with E-state index in [2.05, 4.69) is 16.9 Å². The van der Waals surface area contributed by atoms with Gasteiger partial charge in [-0.1, -0.05) is 41.6 Å². The summed E-state index contributed by atoms with van der Waals surface area (Å²) in [6, 6.07) is 8.13. The number of esters is 1. The minimum Gasteiger partial charge on any atom is -0.450 e. The average Bonchev–Trinajstić information content (AvgIpc) is 3.32. The number of hydrogen-bond acceptors (Lipinski definition) is 7. The van der Waals surface area contributed by atoms with E-state index in [1.807, 2.05) is 37.4 Å². The molecule has 1 unspecified atom stereocenters. The van der Waals surface area contributed by atoms with Crippen LogP contribution in [0.2, 0.25) is 0 Å². The first-order valence-corrected chi connectivity index (χ1v) is 10.1. The molecule has 0 N–H and O–H groups in total. The summed E-state index contributed by atoms with van der Waals surface area (Å²) < 4.78 is 17.8. The van der Waals surface area contributed by atoms with Crippen molar-refractivity contribution in [1.82, 2.24) is 15.0 Å². The van der Waals surface area contributed by atoms with Gasteiger partial charge in [0.2, 0.25) is 0 Å². The summed E-state index contributed by atoms with van der Waals surface area (Å²) in [5.41, 5.74) is 3.73. The number of ketones is 1. The summed E-state index contributed by atoms with van der Waals surface area (Å²) in [6.45, 7) is 7.88. The van der Waals surface area contributed by atoms with Crippen LogP contribution in [0.5, 0.6) is 0 Å². The lowest BCUT2D eigenvalue weighted by molar-refractivity contribution is -0.152. The summed E-state index contributed by atoms with van der Waals surface area (Å²) in [4.78, 5) is 23.4. The van der Waals surface area contributed by atoms with Gasteiger partial charge < -0.3 is 14.2 Å². The standard InChI is InChI=1S/C22H27N3O5/c1-16-3-6-18(7-4-16)19-15-25(24-23-19)10-12-29-14-13-28-11-9-21(27)30-22-17(2)5-8-20(22)26/h3-4,6-7,15,22H,2,5,8-14H2,1H3. The second kappa shape index (κ2) is 10.8. The van der Waals surface area contributed by atoms with Crippen molar-refractivity contribution in [2.75, 3.05) is 26.4 Å². The number of nitrogens with zero attached hydrogens (tertiary/aromatic N) is 3. The van der Waals surface area contributed by atoms with E-state index in [-0.39, 0.29) is 18.8 Å². The third kappa shape index (κ3) is 6.33. The van der Waals surface area contributed by atoms with Crippen LogP contribution in [0, 0.1) is 6.92 Å². The number of carbonyl (C=O) groups excluding carboxylic acids is 2. The van der Waals surface area contributed by atoms with Crippen LogP contribution in [0.15, 0.2) is 42.6 Å². The van der Waals surface area contributed by atoms with Gasteiger partial charge in [-0.05, 0) is 18.9 Å². The molecular weight excluding hydrogens is 386 g/mol. The Kier molecular flexibility index (Phi) is 7.87. The predicted octanol–water partition coefficient (Wildman–Crippen LogP) is 2.51. The molecule has 1 aromatic carbocycles. The second-order valence-electron chi connectivity index (χ2n) is 7.20. The molecule has 2 aromatic rings. The fraction of sp³-hybridized carbons (Fsp3) is 0.455. The molecule has 0 bridgehead atoms. The lowest BCUT2D eigenvalue weighted by Gasteiger charge is -2.11. The number of aromatic nitrogens is 3. The van der Waals surface area contributed by atoms with Crippen LogP contribution >= 0.6 is 0 Å². The molecule has 1 aromatic heterocycles. The predicted molar refractivity (Wildman–Crippen MR) is 110 cm³/mol. The fourth-order valence-corrected chi connectivity index (χ4v) is 3.01. The highest BCUT2D eigenvalue weighted by Crippen LogP contribution is 2.23. The van der Waals surface area contributed by atoms with Crippen molar-refractivity contribution in [1.29, 1.82) is 0 Å². The van der Waals surface area contributed by atoms with Crippen molar-refractivity contribution in [2.45, 2.75) is 38.8 Å². The number of benzene rings is 1. The van der Waals surface area contributed by atoms with Crippen LogP contribution in [-0.4, -0.2) is 59.3 Å². The highest BCUT2D eigenvalue weighted by Gasteiger charge is 2.31. The van der Waals surface area contributed by atoms with Gasteiger partial charge >= 0.3 is 5.97 Å². The minimum absolute atomic E-state index is 0.0824. The zero-order chi connectivity index (χ0) is 21.3. The van der Waals surface area contributed by atoms with Gasteiger partial charge in [0.25, 0.3) is 0 Å². The molecule has 8 heteroatoms. The SMILES string of the molecule is C=C1CCC(=O)C1OC(=O)CCOCCOCCn1cc(-c2ccc(C)cc2)nn1. The van der Waals surface area contributed by atoms with Crippen molar-refractivity contribution in [3.05, 3.63) is 48.2 Å². The lowest BCUT2D eigenvalue weighted by Crippen LogP contribution is -2.24. The molecule has 1 aliphatic carbocycles. The van der Waals surface area contributed by atoms with E-state index in [9.17, 15) is 9.59 Å². The van der Waals surface area contributed by atoms with E-state index in [1.54, 1.807) is 4.68 Å². The van der Waals surface area contributed by atoms with Crippen LogP contribution in [0.4, 0.5) is 0 Å². The largest absolute Gasteiger partial charge is 0.450 e. The summed E-state index contributed by atoms with van der Waals surface area (Å²) in [7, 11) is 0. The maximum Gasteiger partial charge on any atom is 0.309 e. The smallest absolute Gasteiger partial charge is 0.309 e. The quantitative estimate of drug-likeness (QED) is 0.317. The molecule has 30 heavy (non-hydrogen) atoms. The van der Waals surface area contributed by atoms with Gasteiger partial charge in [-0.15, -0.1) is 5.10 Å². The van der Waals surface area contributed by atoms with Crippen molar-refractivity contribution in [2.24, 2.45) is 0 Å². The van der Waals surface area contributed by atoms with E-state index in [0.717, 1.165) is 11.3 Å². The third-order valence-corrected chi connectivity index (χ3v) is 4.78. The minimum atomic E-state index is -0.774. The molecule has 1 fully saturated rings. The first-order chi connectivity index (χ1) is 14.5. The van der Waals surface area contributed by atoms with Crippen molar-refractivity contribution < 1.29 is 23.8 Å². The molecule has 0 radical (unpaired) electrons. The summed E-state index contributed by atoms with van der Waals surface area (Å²) in [5, 5.41) is 8.29. The van der Waals surface area contributed by atoms with Crippen LogP contribution in [0.25, 0.3) is 11.3 Å². The first-order valence-electron chi connectivity index (χ1n) is 10.1. The molecule has 0 aliphatic heterocycles. The number of ether oxygens (including phenoxy) is 3. The number of aryl methyl sites for hydroxylation is 1. The first kappa shape index (κ1) is 21.9. The Balaban J connectivity index is 1.23. The van der Waals surface area contributed by atoms with E-state index in [4.69, 9.17) is 14.2 Å². The zero-order valence-corrected chi connectivity index (χ0v) is 17.2. The Bertz CT molecular complexity index is 859. The fourth-order valence-electron chi connectivity index (χ4n) is 3.01. The van der Waals surface area contributed by atoms with Gasteiger partial charge in [0.1, 0.15) is 5.69 Å². The molecule has 0 spiro atoms. The highest BCUT2D eigenvalue weighted by molar-refractivity contribution is 5.91. The van der Waals surface area contributed by atoms with Crippen LogP contribution in [0.3, 0.4) is 0 Å². The van der Waals surface area contributed by atoms with E-state index >= 15 is 0 Å². The molecule has 0 amide bonds. The maximum atomic E-state index is 11.8. The van der Waals surface area contributed by atoms with E-state index < -0.39 is 12.1 Å². The molecule has 1 aliphatic rings. The Labute approximate surface area is 175 Å². The van der Waals surface area contributed by atoms with Crippen molar-refractivity contribution >= 4 is 11.8 Å². The van der Waals surface area contributed by atoms with Gasteiger partial charge in [0, 0.05) is 12.0 Å². The van der Waals surface area contributed by atoms with Gasteiger partial charge in [-0.2, -0.15) is 0 Å². The maximum absolute atomic E-state index is 11.8. The van der Waals surface area contributed by atoms with Crippen molar-refractivity contribution in [3.63, 3.8) is 0 Å². The Morgan fingerprint density at radius 2 is 1.87 bits per heavy atom. The van der Waals surface area contributed by atoms with Crippen molar-refractivity contribution in [3.8, 4) is 11.3 Å². The second-order valence-corrected chi connectivity index (χ2v) is 7.20. The van der Waals surface area contributed by atoms with Gasteiger partial charge in [0.05, 0.1) is 45.6 Å². The van der Waals surface area contributed by atoms with Crippen LogP contribution < -0.4 is 0 Å². The topological polar surface area (TPSA) is 92.5 Å². The third-order valence-electron chi connectivity index (χ3n) is 4.78. The van der Waals surface area contributed by atoms with Crippen LogP contribution in [0.1, 0.15) is 24.8 Å². The molecular formula is C22H27N3O5. The molecule has 1 saturated carbocycles. The number of rotatable bonds is 11. The Morgan fingerprint density at radius 3 is 2.57 bits per heavy atom. The Morgan fingerprint density at radius 1 is 1.13 bits per heavy atom. The summed E-state index contributed by atoms with van der Waals surface area (Å²) >= 11 is 0. The summed E-state index contributed by atoms with van der Waals surface area (Å²) in [5.74, 6) is -0.533. The average molecular weight is 413 g/mol. The normalized spacial score (nSPS) is 16.2. The highest BCUT2D eigenvalue weighted by atomic mass is 16.6. The zero-order valence-electron chi connectivity index (χ0n) is 17.2. The molecule has 3 rings (SSSR count). The molecule has 1 atom stereocenters. The van der Waals surface area contributed by atoms with Gasteiger partial charge in [-0.25, -0.2) is 4.68 Å². The lowest BCUT2D eigenvalue weighted by atomic mass is 10.1. The number of hydrogen-bond donors (Lipinski definition) is 0. The number of carbonyl (C=O) groups is 2.